The Labute approximate surface area is 92.1 Å². The monoisotopic (exact) mass is 210 g/mol. The Morgan fingerprint density at radius 1 is 1.25 bits per heavy atom. The lowest BCUT2D eigenvalue weighted by atomic mass is 10.1. The standard InChI is InChI=1S/C13H10N2O/c1-8-13-10(4-5-14-8)11-6-9(7-16)2-3-12(11)15-13/h2-7,15H,1H3. The van der Waals surface area contributed by atoms with E-state index in [-0.39, 0.29) is 0 Å². The Kier molecular flexibility index (Phi) is 1.80. The van der Waals surface area contributed by atoms with Gasteiger partial charge in [-0.05, 0) is 31.2 Å². The van der Waals surface area contributed by atoms with Crippen LogP contribution in [-0.4, -0.2) is 16.3 Å². The normalized spacial score (nSPS) is 11.1. The second-order valence-corrected chi connectivity index (χ2v) is 3.87. The molecular weight excluding hydrogens is 200 g/mol. The zero-order chi connectivity index (χ0) is 11.1. The maximum Gasteiger partial charge on any atom is 0.150 e. The molecule has 0 saturated heterocycles. The molecular formula is C13H10N2O. The van der Waals surface area contributed by atoms with Crippen LogP contribution in [0.3, 0.4) is 0 Å². The zero-order valence-corrected chi connectivity index (χ0v) is 8.82. The van der Waals surface area contributed by atoms with E-state index in [2.05, 4.69) is 9.97 Å². The van der Waals surface area contributed by atoms with Crippen LogP contribution in [-0.2, 0) is 0 Å². The van der Waals surface area contributed by atoms with Crippen molar-refractivity contribution in [3.63, 3.8) is 0 Å². The number of pyridine rings is 1. The van der Waals surface area contributed by atoms with Crippen molar-refractivity contribution in [1.82, 2.24) is 9.97 Å². The number of H-pyrrole nitrogens is 1. The van der Waals surface area contributed by atoms with Crippen LogP contribution < -0.4 is 0 Å². The van der Waals surface area contributed by atoms with Gasteiger partial charge in [-0.1, -0.05) is 0 Å². The molecule has 0 atom stereocenters. The van der Waals surface area contributed by atoms with Gasteiger partial charge < -0.3 is 4.98 Å². The Bertz CT molecular complexity index is 698. The topological polar surface area (TPSA) is 45.8 Å². The molecule has 2 heterocycles. The maximum absolute atomic E-state index is 10.8. The molecule has 3 rings (SSSR count). The molecule has 78 valence electrons. The molecule has 0 unspecified atom stereocenters. The molecule has 3 aromatic rings. The van der Waals surface area contributed by atoms with Crippen LogP contribution >= 0.6 is 0 Å². The molecule has 0 aliphatic carbocycles. The molecule has 0 aliphatic rings. The van der Waals surface area contributed by atoms with E-state index < -0.39 is 0 Å². The van der Waals surface area contributed by atoms with Gasteiger partial charge in [0, 0.05) is 28.0 Å². The van der Waals surface area contributed by atoms with Gasteiger partial charge in [0.05, 0.1) is 11.2 Å². The number of aryl methyl sites for hydroxylation is 1. The first-order valence-electron chi connectivity index (χ1n) is 5.12. The second kappa shape index (κ2) is 3.17. The van der Waals surface area contributed by atoms with Gasteiger partial charge in [-0.15, -0.1) is 0 Å². The first-order valence-corrected chi connectivity index (χ1v) is 5.12. The third-order valence-corrected chi connectivity index (χ3v) is 2.87. The van der Waals surface area contributed by atoms with E-state index in [0.717, 1.165) is 33.8 Å². The molecule has 1 N–H and O–H groups in total. The highest BCUT2D eigenvalue weighted by Crippen LogP contribution is 2.26. The van der Waals surface area contributed by atoms with Crippen molar-refractivity contribution in [2.45, 2.75) is 6.92 Å². The second-order valence-electron chi connectivity index (χ2n) is 3.87. The third kappa shape index (κ3) is 1.15. The van der Waals surface area contributed by atoms with Crippen molar-refractivity contribution in [3.8, 4) is 0 Å². The summed E-state index contributed by atoms with van der Waals surface area (Å²) < 4.78 is 0. The van der Waals surface area contributed by atoms with Gasteiger partial charge in [-0.3, -0.25) is 9.78 Å². The minimum Gasteiger partial charge on any atom is -0.353 e. The van der Waals surface area contributed by atoms with Crippen LogP contribution in [0.25, 0.3) is 21.8 Å². The van der Waals surface area contributed by atoms with E-state index in [0.29, 0.717) is 5.56 Å². The Morgan fingerprint density at radius 3 is 2.94 bits per heavy atom. The SMILES string of the molecule is Cc1nccc2c1[nH]c1ccc(C=O)cc12. The summed E-state index contributed by atoms with van der Waals surface area (Å²) in [5.41, 5.74) is 3.75. The fourth-order valence-corrected chi connectivity index (χ4v) is 2.05. The highest BCUT2D eigenvalue weighted by Gasteiger charge is 2.06. The fraction of sp³-hybridized carbons (Fsp3) is 0.0769. The predicted molar refractivity (Wildman–Crippen MR) is 63.7 cm³/mol. The van der Waals surface area contributed by atoms with Crippen molar-refractivity contribution in [2.75, 3.05) is 0 Å². The summed E-state index contributed by atoms with van der Waals surface area (Å²) in [6.07, 6.45) is 2.66. The molecule has 0 aliphatic heterocycles. The number of hydrogen-bond donors (Lipinski definition) is 1. The van der Waals surface area contributed by atoms with Crippen LogP contribution in [0.2, 0.25) is 0 Å². The molecule has 2 aromatic heterocycles. The summed E-state index contributed by atoms with van der Waals surface area (Å²) in [5, 5.41) is 2.19. The largest absolute Gasteiger partial charge is 0.353 e. The van der Waals surface area contributed by atoms with Gasteiger partial charge >= 0.3 is 0 Å². The average molecular weight is 210 g/mol. The summed E-state index contributed by atoms with van der Waals surface area (Å²) >= 11 is 0. The van der Waals surface area contributed by atoms with Crippen LogP contribution in [0.4, 0.5) is 0 Å². The number of aldehydes is 1. The van der Waals surface area contributed by atoms with Crippen molar-refractivity contribution in [2.24, 2.45) is 0 Å². The highest BCUT2D eigenvalue weighted by molar-refractivity contribution is 6.08. The van der Waals surface area contributed by atoms with E-state index in [4.69, 9.17) is 0 Å². The van der Waals surface area contributed by atoms with Crippen LogP contribution in [0.1, 0.15) is 16.1 Å². The summed E-state index contributed by atoms with van der Waals surface area (Å²) in [5.74, 6) is 0. The van der Waals surface area contributed by atoms with E-state index in [9.17, 15) is 4.79 Å². The number of carbonyl (C=O) groups is 1. The van der Waals surface area contributed by atoms with Gasteiger partial charge in [0.25, 0.3) is 0 Å². The predicted octanol–water partition coefficient (Wildman–Crippen LogP) is 2.84. The minimum atomic E-state index is 0.697. The molecule has 16 heavy (non-hydrogen) atoms. The van der Waals surface area contributed by atoms with Crippen molar-refractivity contribution in [1.29, 1.82) is 0 Å². The molecule has 1 aromatic carbocycles. The molecule has 3 nitrogen and oxygen atoms in total. The number of nitrogens with zero attached hydrogens (tertiary/aromatic N) is 1. The van der Waals surface area contributed by atoms with Gasteiger partial charge in [0.2, 0.25) is 0 Å². The number of fused-ring (bicyclic) bond motifs is 3. The summed E-state index contributed by atoms with van der Waals surface area (Å²) in [6, 6.07) is 7.61. The molecule has 0 amide bonds. The molecule has 0 bridgehead atoms. The van der Waals surface area contributed by atoms with E-state index in [1.165, 1.54) is 0 Å². The van der Waals surface area contributed by atoms with Crippen molar-refractivity contribution < 1.29 is 4.79 Å². The molecule has 0 fully saturated rings. The quantitative estimate of drug-likeness (QED) is 0.628. The van der Waals surface area contributed by atoms with Crippen LogP contribution in [0.15, 0.2) is 30.5 Å². The third-order valence-electron chi connectivity index (χ3n) is 2.87. The summed E-state index contributed by atoms with van der Waals surface area (Å²) in [6.45, 7) is 1.97. The number of hydrogen-bond acceptors (Lipinski definition) is 2. The first-order chi connectivity index (χ1) is 7.79. The number of nitrogens with one attached hydrogen (secondary N) is 1. The highest BCUT2D eigenvalue weighted by atomic mass is 16.1. The first kappa shape index (κ1) is 9.09. The molecule has 0 spiro atoms. The Hall–Kier alpha value is -2.16. The number of carbonyl (C=O) groups excluding carboxylic acids is 1. The van der Waals surface area contributed by atoms with Crippen LogP contribution in [0, 0.1) is 6.92 Å². The zero-order valence-electron chi connectivity index (χ0n) is 8.82. The van der Waals surface area contributed by atoms with Crippen molar-refractivity contribution in [3.05, 3.63) is 41.7 Å². The smallest absolute Gasteiger partial charge is 0.150 e. The van der Waals surface area contributed by atoms with Gasteiger partial charge in [-0.25, -0.2) is 0 Å². The fourth-order valence-electron chi connectivity index (χ4n) is 2.05. The summed E-state index contributed by atoms with van der Waals surface area (Å²) in [7, 11) is 0. The van der Waals surface area contributed by atoms with E-state index in [1.807, 2.05) is 31.2 Å². The number of rotatable bonds is 1. The lowest BCUT2D eigenvalue weighted by Gasteiger charge is -1.93. The number of benzene rings is 1. The van der Waals surface area contributed by atoms with Gasteiger partial charge in [0.1, 0.15) is 6.29 Å². The Balaban J connectivity index is 2.52. The summed E-state index contributed by atoms with van der Waals surface area (Å²) in [4.78, 5) is 18.3. The molecule has 0 saturated carbocycles. The Morgan fingerprint density at radius 2 is 2.12 bits per heavy atom. The minimum absolute atomic E-state index is 0.697. The molecule has 0 radical (unpaired) electrons. The average Bonchev–Trinajstić information content (AvgIpc) is 2.68. The lowest BCUT2D eigenvalue weighted by molar-refractivity contribution is 0.112. The molecule has 3 heteroatoms. The van der Waals surface area contributed by atoms with E-state index in [1.54, 1.807) is 6.20 Å². The van der Waals surface area contributed by atoms with Gasteiger partial charge in [-0.2, -0.15) is 0 Å². The number of aromatic nitrogens is 2. The van der Waals surface area contributed by atoms with Gasteiger partial charge in [0.15, 0.2) is 0 Å². The van der Waals surface area contributed by atoms with Crippen molar-refractivity contribution >= 4 is 28.1 Å². The number of aromatic amines is 1. The van der Waals surface area contributed by atoms with Crippen LogP contribution in [0.5, 0.6) is 0 Å². The van der Waals surface area contributed by atoms with E-state index >= 15 is 0 Å². The maximum atomic E-state index is 10.8. The lowest BCUT2D eigenvalue weighted by Crippen LogP contribution is -1.80.